The van der Waals surface area contributed by atoms with Gasteiger partial charge in [0.2, 0.25) is 0 Å². The Morgan fingerprint density at radius 3 is 2.67 bits per heavy atom. The fourth-order valence-corrected chi connectivity index (χ4v) is 3.04. The van der Waals surface area contributed by atoms with Crippen LogP contribution in [-0.2, 0) is 0 Å². The summed E-state index contributed by atoms with van der Waals surface area (Å²) in [5.41, 5.74) is 1.88. The second kappa shape index (κ2) is 7.42. The minimum absolute atomic E-state index is 0.110. The van der Waals surface area contributed by atoms with E-state index in [2.05, 4.69) is 27.9 Å². The lowest BCUT2D eigenvalue weighted by molar-refractivity contribution is 0.385. The van der Waals surface area contributed by atoms with Gasteiger partial charge in [0.05, 0.1) is 13.2 Å². The minimum Gasteiger partial charge on any atom is -0.494 e. The first kappa shape index (κ1) is 16.5. The maximum atomic E-state index is 14.0. The molecular formula is C16H16ClFINO. The monoisotopic (exact) mass is 419 g/mol. The summed E-state index contributed by atoms with van der Waals surface area (Å²) in [4.78, 5) is 0. The molecule has 2 nitrogen and oxygen atoms in total. The van der Waals surface area contributed by atoms with Crippen LogP contribution in [0.25, 0.3) is 0 Å². The van der Waals surface area contributed by atoms with Crippen LogP contribution in [0.1, 0.15) is 24.1 Å². The zero-order valence-electron chi connectivity index (χ0n) is 11.8. The quantitative estimate of drug-likeness (QED) is 0.704. The Balaban J connectivity index is 2.48. The summed E-state index contributed by atoms with van der Waals surface area (Å²) in [5, 5.41) is 4.05. The molecule has 0 fully saturated rings. The van der Waals surface area contributed by atoms with Gasteiger partial charge in [0, 0.05) is 8.59 Å². The van der Waals surface area contributed by atoms with Crippen LogP contribution in [0.5, 0.6) is 5.75 Å². The van der Waals surface area contributed by atoms with Gasteiger partial charge in [0.1, 0.15) is 0 Å². The fourth-order valence-electron chi connectivity index (χ4n) is 2.21. The molecule has 1 atom stereocenters. The maximum Gasteiger partial charge on any atom is 0.165 e. The predicted octanol–water partition coefficient (Wildman–Crippen LogP) is 4.79. The molecule has 5 heteroatoms. The number of methoxy groups -OCH3 is 1. The highest BCUT2D eigenvalue weighted by molar-refractivity contribution is 14.1. The number of ether oxygens (including phenoxy) is 1. The van der Waals surface area contributed by atoms with E-state index in [1.54, 1.807) is 6.07 Å². The Hall–Kier alpha value is -0.850. The molecule has 0 heterocycles. The zero-order valence-corrected chi connectivity index (χ0v) is 14.7. The lowest BCUT2D eigenvalue weighted by atomic mass is 9.98. The lowest BCUT2D eigenvalue weighted by Gasteiger charge is -2.21. The van der Waals surface area contributed by atoms with Crippen molar-refractivity contribution in [1.82, 2.24) is 5.32 Å². The van der Waals surface area contributed by atoms with Gasteiger partial charge in [0.15, 0.2) is 11.6 Å². The molecular weight excluding hydrogens is 404 g/mol. The average Bonchev–Trinajstić information content (AvgIpc) is 2.47. The molecule has 112 valence electrons. The second-order valence-electron chi connectivity index (χ2n) is 4.55. The maximum absolute atomic E-state index is 14.0. The van der Waals surface area contributed by atoms with Crippen molar-refractivity contribution in [2.45, 2.75) is 13.0 Å². The fraction of sp³-hybridized carbons (Fsp3) is 0.250. The standard InChI is InChI=1S/C16H16ClFINO/c1-3-20-16(12-9-11(17)5-6-14(12)19)10-4-7-15(21-2)13(18)8-10/h4-9,16,20H,3H2,1-2H3. The normalized spacial score (nSPS) is 12.2. The molecule has 2 aromatic rings. The number of halogens is 3. The van der Waals surface area contributed by atoms with Crippen molar-refractivity contribution < 1.29 is 9.13 Å². The van der Waals surface area contributed by atoms with Gasteiger partial charge in [0.25, 0.3) is 0 Å². The van der Waals surface area contributed by atoms with Crippen LogP contribution in [0.3, 0.4) is 0 Å². The van der Waals surface area contributed by atoms with Crippen molar-refractivity contribution in [2.75, 3.05) is 13.7 Å². The summed E-state index contributed by atoms with van der Waals surface area (Å²) >= 11 is 8.37. The first-order valence-corrected chi connectivity index (χ1v) is 8.04. The van der Waals surface area contributed by atoms with Gasteiger partial charge < -0.3 is 10.1 Å². The highest BCUT2D eigenvalue weighted by Gasteiger charge is 2.18. The van der Waals surface area contributed by atoms with E-state index in [1.807, 2.05) is 31.2 Å². The molecule has 0 bridgehead atoms. The van der Waals surface area contributed by atoms with Gasteiger partial charge in [-0.3, -0.25) is 0 Å². The molecule has 0 aromatic heterocycles. The number of hydrogen-bond donors (Lipinski definition) is 1. The van der Waals surface area contributed by atoms with Crippen molar-refractivity contribution in [3.05, 3.63) is 61.9 Å². The van der Waals surface area contributed by atoms with Crippen molar-refractivity contribution in [3.8, 4) is 5.75 Å². The lowest BCUT2D eigenvalue weighted by Crippen LogP contribution is -2.23. The number of hydrogen-bond acceptors (Lipinski definition) is 2. The molecule has 0 saturated carbocycles. The summed E-state index contributed by atoms with van der Waals surface area (Å²) in [6.45, 7) is 2.78. The van der Waals surface area contributed by atoms with Crippen LogP contribution in [-0.4, -0.2) is 13.7 Å². The van der Waals surface area contributed by atoms with E-state index in [-0.39, 0.29) is 17.6 Å². The van der Waals surface area contributed by atoms with Crippen LogP contribution in [0.2, 0.25) is 5.02 Å². The Labute approximate surface area is 142 Å². The molecule has 1 unspecified atom stereocenters. The Morgan fingerprint density at radius 1 is 1.29 bits per heavy atom. The zero-order chi connectivity index (χ0) is 15.4. The first-order chi connectivity index (χ1) is 10.1. The van der Waals surface area contributed by atoms with E-state index < -0.39 is 0 Å². The third-order valence-corrected chi connectivity index (χ3v) is 4.40. The molecule has 0 saturated heterocycles. The Morgan fingerprint density at radius 2 is 2.05 bits per heavy atom. The summed E-state index contributed by atoms with van der Waals surface area (Å²) in [5.74, 6) is -0.121. The van der Waals surface area contributed by atoms with E-state index in [1.165, 1.54) is 13.2 Å². The van der Waals surface area contributed by atoms with Crippen LogP contribution in [0, 0.1) is 9.39 Å². The van der Waals surface area contributed by atoms with E-state index in [9.17, 15) is 4.39 Å². The number of benzene rings is 2. The first-order valence-electron chi connectivity index (χ1n) is 6.58. The molecule has 0 amide bonds. The second-order valence-corrected chi connectivity index (χ2v) is 6.15. The Kier molecular flexibility index (Phi) is 5.84. The van der Waals surface area contributed by atoms with Crippen molar-refractivity contribution >= 4 is 34.2 Å². The number of nitrogens with one attached hydrogen (secondary N) is 1. The summed E-state index contributed by atoms with van der Waals surface area (Å²) in [7, 11) is 1.46. The van der Waals surface area contributed by atoms with Crippen LogP contribution in [0.15, 0.2) is 36.4 Å². The van der Waals surface area contributed by atoms with Crippen molar-refractivity contribution in [1.29, 1.82) is 0 Å². The van der Waals surface area contributed by atoms with E-state index in [0.717, 1.165) is 21.2 Å². The molecule has 2 rings (SSSR count). The molecule has 0 aliphatic carbocycles. The molecule has 0 aliphatic rings. The summed E-state index contributed by atoms with van der Waals surface area (Å²) in [6, 6.07) is 10.6. The average molecular weight is 420 g/mol. The van der Waals surface area contributed by atoms with E-state index in [0.29, 0.717) is 5.02 Å². The highest BCUT2D eigenvalue weighted by Crippen LogP contribution is 2.30. The van der Waals surface area contributed by atoms with Crippen LogP contribution in [0.4, 0.5) is 4.39 Å². The van der Waals surface area contributed by atoms with Gasteiger partial charge in [-0.25, -0.2) is 4.39 Å². The molecule has 0 spiro atoms. The third-order valence-electron chi connectivity index (χ3n) is 3.19. The van der Waals surface area contributed by atoms with Gasteiger partial charge in [-0.15, -0.1) is 0 Å². The highest BCUT2D eigenvalue weighted by atomic mass is 127. The topological polar surface area (TPSA) is 21.3 Å². The van der Waals surface area contributed by atoms with Crippen LogP contribution >= 0.6 is 34.2 Å². The predicted molar refractivity (Wildman–Crippen MR) is 92.6 cm³/mol. The SMILES string of the molecule is CCNC(c1ccc(OC)c(F)c1)c1cc(Cl)ccc1I. The molecule has 21 heavy (non-hydrogen) atoms. The minimum atomic E-state index is -0.366. The van der Waals surface area contributed by atoms with E-state index in [4.69, 9.17) is 16.3 Å². The van der Waals surface area contributed by atoms with E-state index >= 15 is 0 Å². The number of rotatable bonds is 5. The van der Waals surface area contributed by atoms with Gasteiger partial charge in [-0.05, 0) is 70.6 Å². The van der Waals surface area contributed by atoms with Crippen molar-refractivity contribution in [2.24, 2.45) is 0 Å². The molecule has 2 aromatic carbocycles. The molecule has 0 radical (unpaired) electrons. The van der Waals surface area contributed by atoms with Gasteiger partial charge >= 0.3 is 0 Å². The van der Waals surface area contributed by atoms with Crippen LogP contribution < -0.4 is 10.1 Å². The summed E-state index contributed by atoms with van der Waals surface area (Å²) in [6.07, 6.45) is 0. The largest absolute Gasteiger partial charge is 0.494 e. The summed E-state index contributed by atoms with van der Waals surface area (Å²) < 4.78 is 20.0. The molecule has 0 aliphatic heterocycles. The van der Waals surface area contributed by atoms with Gasteiger partial charge in [-0.2, -0.15) is 0 Å². The van der Waals surface area contributed by atoms with Crippen molar-refractivity contribution in [3.63, 3.8) is 0 Å². The smallest absolute Gasteiger partial charge is 0.165 e. The van der Waals surface area contributed by atoms with Gasteiger partial charge in [-0.1, -0.05) is 24.6 Å². The molecule has 1 N–H and O–H groups in total. The Bertz CT molecular complexity index is 636. The third kappa shape index (κ3) is 3.87.